The van der Waals surface area contributed by atoms with Crippen molar-refractivity contribution in [3.63, 3.8) is 0 Å². The largest absolute Gasteiger partial charge is 0.433 e. The Kier molecular flexibility index (Phi) is 4.79. The van der Waals surface area contributed by atoms with Crippen LogP contribution >= 0.6 is 23.1 Å². The van der Waals surface area contributed by atoms with Crippen molar-refractivity contribution in [1.82, 2.24) is 29.5 Å². The molecule has 0 saturated carbocycles. The number of hydrogen-bond acceptors (Lipinski definition) is 7. The summed E-state index contributed by atoms with van der Waals surface area (Å²) in [6, 6.07) is 2.68. The Balaban J connectivity index is 1.87. The fourth-order valence-corrected chi connectivity index (χ4v) is 4.58. The van der Waals surface area contributed by atoms with Gasteiger partial charge in [-0.05, 0) is 17.9 Å². The Morgan fingerprint density at radius 3 is 2.57 bits per heavy atom. The monoisotopic (exact) mass is 422 g/mol. The maximum Gasteiger partial charge on any atom is 0.433 e. The minimum absolute atomic E-state index is 0.234. The maximum atomic E-state index is 13.0. The van der Waals surface area contributed by atoms with E-state index in [1.807, 2.05) is 6.92 Å². The summed E-state index contributed by atoms with van der Waals surface area (Å²) in [7, 11) is 1.75. The van der Waals surface area contributed by atoms with E-state index in [-0.39, 0.29) is 5.52 Å². The van der Waals surface area contributed by atoms with E-state index in [0.29, 0.717) is 22.2 Å². The predicted octanol–water partition coefficient (Wildman–Crippen LogP) is 4.68. The molecule has 0 saturated heterocycles. The molecule has 4 aromatic rings. The van der Waals surface area contributed by atoms with Crippen LogP contribution in [0.1, 0.15) is 12.6 Å². The standard InChI is InChI=1S/C17H13F3N6S2/c1-3-27-15-12(28-16(25-15)13-21-5-4-6-22-13)14-24-9-7-11(17(18,19)20)23-8-10(9)26(14)2/h4-8H,3H2,1-2H3. The van der Waals surface area contributed by atoms with Crippen molar-refractivity contribution in [3.05, 3.63) is 36.4 Å². The van der Waals surface area contributed by atoms with E-state index in [1.165, 1.54) is 29.3 Å². The van der Waals surface area contributed by atoms with Crippen molar-refractivity contribution in [1.29, 1.82) is 0 Å². The number of alkyl halides is 3. The third-order valence-corrected chi connectivity index (χ3v) is 5.93. The summed E-state index contributed by atoms with van der Waals surface area (Å²) >= 11 is 2.89. The van der Waals surface area contributed by atoms with Gasteiger partial charge in [0.15, 0.2) is 16.7 Å². The topological polar surface area (TPSA) is 69.4 Å². The van der Waals surface area contributed by atoms with Crippen LogP contribution < -0.4 is 0 Å². The molecule has 144 valence electrons. The van der Waals surface area contributed by atoms with Crippen LogP contribution in [0.4, 0.5) is 13.2 Å². The van der Waals surface area contributed by atoms with Gasteiger partial charge in [0.05, 0.1) is 17.2 Å². The lowest BCUT2D eigenvalue weighted by molar-refractivity contribution is -0.141. The molecular weight excluding hydrogens is 409 g/mol. The van der Waals surface area contributed by atoms with E-state index in [9.17, 15) is 13.2 Å². The summed E-state index contributed by atoms with van der Waals surface area (Å²) in [5, 5.41) is 1.38. The molecular formula is C17H13F3N6S2. The molecule has 4 aromatic heterocycles. The van der Waals surface area contributed by atoms with E-state index in [4.69, 9.17) is 0 Å². The molecule has 0 aromatic carbocycles. The summed E-state index contributed by atoms with van der Waals surface area (Å²) in [5.74, 6) is 1.82. The molecule has 0 aliphatic heterocycles. The summed E-state index contributed by atoms with van der Waals surface area (Å²) < 4.78 is 40.7. The third kappa shape index (κ3) is 3.35. The van der Waals surface area contributed by atoms with Crippen molar-refractivity contribution >= 4 is 34.1 Å². The molecule has 28 heavy (non-hydrogen) atoms. The van der Waals surface area contributed by atoms with Gasteiger partial charge in [-0.25, -0.2) is 24.9 Å². The van der Waals surface area contributed by atoms with Gasteiger partial charge in [-0.1, -0.05) is 6.92 Å². The number of aromatic nitrogens is 6. The van der Waals surface area contributed by atoms with Gasteiger partial charge in [0, 0.05) is 19.4 Å². The fourth-order valence-electron chi connectivity index (χ4n) is 2.63. The summed E-state index contributed by atoms with van der Waals surface area (Å²) in [5.41, 5.74) is -0.213. The van der Waals surface area contributed by atoms with Gasteiger partial charge in [0.2, 0.25) is 0 Å². The van der Waals surface area contributed by atoms with Gasteiger partial charge in [-0.15, -0.1) is 23.1 Å². The fraction of sp³-hybridized carbons (Fsp3) is 0.235. The van der Waals surface area contributed by atoms with Gasteiger partial charge in [0.1, 0.15) is 15.6 Å². The number of thioether (sulfide) groups is 1. The zero-order valence-corrected chi connectivity index (χ0v) is 16.4. The van der Waals surface area contributed by atoms with Crippen LogP contribution in [0.5, 0.6) is 0 Å². The third-order valence-electron chi connectivity index (χ3n) is 3.89. The molecule has 0 radical (unpaired) electrons. The first-order valence-electron chi connectivity index (χ1n) is 8.19. The van der Waals surface area contributed by atoms with Crippen LogP contribution in [-0.4, -0.2) is 35.2 Å². The first kappa shape index (κ1) is 18.8. The summed E-state index contributed by atoms with van der Waals surface area (Å²) in [6.07, 6.45) is -0.0498. The second-order valence-electron chi connectivity index (χ2n) is 5.71. The zero-order chi connectivity index (χ0) is 19.9. The summed E-state index contributed by atoms with van der Waals surface area (Å²) in [4.78, 5) is 21.8. The average Bonchev–Trinajstić information content (AvgIpc) is 3.23. The van der Waals surface area contributed by atoms with Gasteiger partial charge in [-0.3, -0.25) is 0 Å². The molecule has 4 heterocycles. The molecule has 0 unspecified atom stereocenters. The number of aryl methyl sites for hydroxylation is 1. The zero-order valence-electron chi connectivity index (χ0n) is 14.7. The molecule has 0 atom stereocenters. The minimum atomic E-state index is -4.52. The Hall–Kier alpha value is -2.53. The Bertz CT molecular complexity index is 1140. The Labute approximate surface area is 165 Å². The maximum absolute atomic E-state index is 13.0. The number of thiazole rings is 1. The highest BCUT2D eigenvalue weighted by Crippen LogP contribution is 2.40. The molecule has 6 nitrogen and oxygen atoms in total. The van der Waals surface area contributed by atoms with E-state index < -0.39 is 11.9 Å². The van der Waals surface area contributed by atoms with Gasteiger partial charge >= 0.3 is 6.18 Å². The van der Waals surface area contributed by atoms with Gasteiger partial charge in [0.25, 0.3) is 0 Å². The van der Waals surface area contributed by atoms with Crippen LogP contribution in [0.15, 0.2) is 35.7 Å². The van der Waals surface area contributed by atoms with Crippen LogP contribution in [-0.2, 0) is 13.2 Å². The van der Waals surface area contributed by atoms with Gasteiger partial charge < -0.3 is 4.57 Å². The van der Waals surface area contributed by atoms with Crippen molar-refractivity contribution in [2.45, 2.75) is 18.1 Å². The van der Waals surface area contributed by atoms with E-state index in [2.05, 4.69) is 24.9 Å². The van der Waals surface area contributed by atoms with Crippen molar-refractivity contribution in [2.24, 2.45) is 7.05 Å². The quantitative estimate of drug-likeness (QED) is 0.445. The molecule has 11 heteroatoms. The van der Waals surface area contributed by atoms with E-state index in [1.54, 1.807) is 30.1 Å². The van der Waals surface area contributed by atoms with Crippen molar-refractivity contribution < 1.29 is 13.2 Å². The number of halogens is 3. The lowest BCUT2D eigenvalue weighted by Crippen LogP contribution is -2.07. The van der Waals surface area contributed by atoms with Crippen LogP contribution in [0, 0.1) is 0 Å². The number of nitrogens with zero attached hydrogens (tertiary/aromatic N) is 6. The molecule has 0 bridgehead atoms. The molecule has 0 aliphatic rings. The minimum Gasteiger partial charge on any atom is -0.325 e. The van der Waals surface area contributed by atoms with E-state index in [0.717, 1.165) is 21.7 Å². The molecule has 0 spiro atoms. The Morgan fingerprint density at radius 2 is 1.89 bits per heavy atom. The summed E-state index contributed by atoms with van der Waals surface area (Å²) in [6.45, 7) is 2.00. The van der Waals surface area contributed by atoms with Crippen LogP contribution in [0.3, 0.4) is 0 Å². The highest BCUT2D eigenvalue weighted by Gasteiger charge is 2.33. The number of pyridine rings is 1. The molecule has 0 amide bonds. The van der Waals surface area contributed by atoms with Crippen molar-refractivity contribution in [3.8, 4) is 21.5 Å². The van der Waals surface area contributed by atoms with E-state index >= 15 is 0 Å². The number of hydrogen-bond donors (Lipinski definition) is 0. The smallest absolute Gasteiger partial charge is 0.325 e. The molecule has 0 N–H and O–H groups in total. The molecule has 4 rings (SSSR count). The lowest BCUT2D eigenvalue weighted by atomic mass is 10.3. The van der Waals surface area contributed by atoms with Gasteiger partial charge in [-0.2, -0.15) is 13.2 Å². The first-order valence-corrected chi connectivity index (χ1v) is 9.99. The highest BCUT2D eigenvalue weighted by atomic mass is 32.2. The normalized spacial score (nSPS) is 12.0. The van der Waals surface area contributed by atoms with Crippen LogP contribution in [0.25, 0.3) is 32.6 Å². The highest BCUT2D eigenvalue weighted by molar-refractivity contribution is 7.99. The second-order valence-corrected chi connectivity index (χ2v) is 7.96. The SMILES string of the molecule is CCSc1nc(-c2ncccn2)sc1-c1nc2cc(C(F)(F)F)ncc2n1C. The first-order chi connectivity index (χ1) is 13.4. The molecule has 0 aliphatic carbocycles. The van der Waals surface area contributed by atoms with Crippen LogP contribution in [0.2, 0.25) is 0 Å². The lowest BCUT2D eigenvalue weighted by Gasteiger charge is -2.04. The number of rotatable bonds is 4. The second kappa shape index (κ2) is 7.13. The predicted molar refractivity (Wildman–Crippen MR) is 102 cm³/mol. The van der Waals surface area contributed by atoms with Crippen molar-refractivity contribution in [2.75, 3.05) is 5.75 Å². The Morgan fingerprint density at radius 1 is 1.14 bits per heavy atom. The number of imidazole rings is 1. The molecule has 0 fully saturated rings. The average molecular weight is 422 g/mol. The number of fused-ring (bicyclic) bond motifs is 1.